The molecule has 5 nitrogen and oxygen atoms in total. The number of aromatic amines is 1. The van der Waals surface area contributed by atoms with Gasteiger partial charge in [-0.1, -0.05) is 25.1 Å². The van der Waals surface area contributed by atoms with Crippen molar-refractivity contribution in [2.45, 2.75) is 64.6 Å². The third-order valence-electron chi connectivity index (χ3n) is 7.89. The minimum atomic E-state index is -0.573. The Morgan fingerprint density at radius 1 is 1.03 bits per heavy atom. The van der Waals surface area contributed by atoms with Crippen LogP contribution in [0.15, 0.2) is 52.6 Å². The predicted molar refractivity (Wildman–Crippen MR) is 142 cm³/mol. The van der Waals surface area contributed by atoms with Gasteiger partial charge >= 0.3 is 0 Å². The minimum Gasteiger partial charge on any atom is -0.381 e. The van der Waals surface area contributed by atoms with Crippen LogP contribution in [0.5, 0.6) is 0 Å². The van der Waals surface area contributed by atoms with Crippen LogP contribution >= 0.6 is 0 Å². The number of benzene rings is 2. The van der Waals surface area contributed by atoms with Crippen LogP contribution < -0.4 is 5.32 Å². The topological polar surface area (TPSA) is 61.8 Å². The van der Waals surface area contributed by atoms with Crippen molar-refractivity contribution in [2.24, 2.45) is 15.9 Å². The highest BCUT2D eigenvalue weighted by molar-refractivity contribution is 6.41. The highest BCUT2D eigenvalue weighted by Gasteiger charge is 2.46. The summed E-state index contributed by atoms with van der Waals surface area (Å²) in [5.41, 5.74) is 7.90. The standard InChI is InChI=1S/C29H36N4O/c1-6-20-7-8-22(21-9-14-27-25(15-21)18(2)17-31-27)16-26(20)29(32-19(3)28(30-4)33-29)23-10-12-24(34-5)13-11-23/h7-9,14-17,23-24,31H,6,10-13H2,1-5H3,(H,30,33). The number of H-pyrrole nitrogens is 1. The second kappa shape index (κ2) is 9.03. The number of rotatable bonds is 5. The summed E-state index contributed by atoms with van der Waals surface area (Å²) in [6.07, 6.45) is 7.64. The molecule has 0 spiro atoms. The summed E-state index contributed by atoms with van der Waals surface area (Å²) in [5.74, 6) is 1.26. The molecule has 0 saturated heterocycles. The SMILES string of the molecule is CCc1ccc(-c2ccc3[nH]cc(C)c3c2)cc1C1(C2CCC(OC)CC2)N=C(C)C(NC)=N1. The molecule has 1 saturated carbocycles. The lowest BCUT2D eigenvalue weighted by Gasteiger charge is -2.38. The first-order valence-electron chi connectivity index (χ1n) is 12.6. The number of nitrogens with zero attached hydrogens (tertiary/aromatic N) is 2. The maximum atomic E-state index is 5.68. The normalized spacial score (nSPS) is 24.9. The van der Waals surface area contributed by atoms with Crippen molar-refractivity contribution in [1.29, 1.82) is 0 Å². The minimum absolute atomic E-state index is 0.348. The largest absolute Gasteiger partial charge is 0.381 e. The van der Waals surface area contributed by atoms with Crippen LogP contribution in [-0.4, -0.2) is 36.8 Å². The molecule has 1 aliphatic heterocycles. The third kappa shape index (κ3) is 3.76. The van der Waals surface area contributed by atoms with E-state index in [-0.39, 0.29) is 0 Å². The number of aromatic nitrogens is 1. The molecule has 2 aromatic carbocycles. The molecule has 5 heteroatoms. The van der Waals surface area contributed by atoms with Crippen LogP contribution in [-0.2, 0) is 16.8 Å². The van der Waals surface area contributed by atoms with Crippen molar-refractivity contribution in [2.75, 3.05) is 14.2 Å². The molecule has 1 unspecified atom stereocenters. The average Bonchev–Trinajstić information content (AvgIpc) is 3.43. The van der Waals surface area contributed by atoms with Crippen molar-refractivity contribution in [3.63, 3.8) is 0 Å². The Labute approximate surface area is 202 Å². The van der Waals surface area contributed by atoms with E-state index in [1.54, 1.807) is 0 Å². The van der Waals surface area contributed by atoms with Gasteiger partial charge in [-0.2, -0.15) is 0 Å². The van der Waals surface area contributed by atoms with Gasteiger partial charge in [-0.05, 0) is 86.4 Å². The third-order valence-corrected chi connectivity index (χ3v) is 7.89. The number of hydrogen-bond donors (Lipinski definition) is 2. The van der Waals surface area contributed by atoms with Gasteiger partial charge in [-0.15, -0.1) is 0 Å². The summed E-state index contributed by atoms with van der Waals surface area (Å²) in [5, 5.41) is 4.57. The number of nitrogens with one attached hydrogen (secondary N) is 2. The van der Waals surface area contributed by atoms with Crippen LogP contribution in [0.1, 0.15) is 56.2 Å². The zero-order valence-electron chi connectivity index (χ0n) is 21.0. The molecule has 178 valence electrons. The second-order valence-electron chi connectivity index (χ2n) is 9.80. The molecular formula is C29H36N4O. The van der Waals surface area contributed by atoms with Crippen molar-refractivity contribution in [3.05, 3.63) is 59.3 Å². The number of fused-ring (bicyclic) bond motifs is 1. The molecule has 1 aromatic heterocycles. The first-order chi connectivity index (χ1) is 16.5. The molecule has 1 atom stereocenters. The quantitative estimate of drug-likeness (QED) is 0.483. The number of methoxy groups -OCH3 is 1. The van der Waals surface area contributed by atoms with Gasteiger partial charge in [-0.25, -0.2) is 4.99 Å². The lowest BCUT2D eigenvalue weighted by molar-refractivity contribution is 0.0425. The van der Waals surface area contributed by atoms with Crippen LogP contribution in [0, 0.1) is 12.8 Å². The number of amidine groups is 1. The van der Waals surface area contributed by atoms with Crippen molar-refractivity contribution < 1.29 is 4.74 Å². The summed E-state index contributed by atoms with van der Waals surface area (Å²) >= 11 is 0. The Morgan fingerprint density at radius 2 is 1.76 bits per heavy atom. The highest BCUT2D eigenvalue weighted by Crippen LogP contribution is 2.48. The van der Waals surface area contributed by atoms with Gasteiger partial charge in [0, 0.05) is 42.7 Å². The zero-order valence-corrected chi connectivity index (χ0v) is 21.0. The fourth-order valence-electron chi connectivity index (χ4n) is 5.89. The molecular weight excluding hydrogens is 420 g/mol. The smallest absolute Gasteiger partial charge is 0.181 e. The summed E-state index contributed by atoms with van der Waals surface area (Å²) in [6.45, 7) is 6.47. The number of ether oxygens (including phenoxy) is 1. The van der Waals surface area contributed by atoms with Gasteiger partial charge < -0.3 is 15.0 Å². The first kappa shape index (κ1) is 22.9. The van der Waals surface area contributed by atoms with Crippen molar-refractivity contribution in [3.8, 4) is 11.1 Å². The lowest BCUT2D eigenvalue weighted by Crippen LogP contribution is -2.36. The van der Waals surface area contributed by atoms with Crippen LogP contribution in [0.25, 0.3) is 22.0 Å². The van der Waals surface area contributed by atoms with Gasteiger partial charge in [-0.3, -0.25) is 4.99 Å². The van der Waals surface area contributed by atoms with Crippen LogP contribution in [0.4, 0.5) is 0 Å². The molecule has 1 fully saturated rings. The highest BCUT2D eigenvalue weighted by atomic mass is 16.5. The van der Waals surface area contributed by atoms with Crippen molar-refractivity contribution in [1.82, 2.24) is 10.3 Å². The molecule has 2 aliphatic rings. The fraction of sp³-hybridized carbons (Fsp3) is 0.448. The number of aryl methyl sites for hydroxylation is 2. The maximum Gasteiger partial charge on any atom is 0.181 e. The van der Waals surface area contributed by atoms with E-state index < -0.39 is 5.66 Å². The Bertz CT molecular complexity index is 1260. The molecule has 34 heavy (non-hydrogen) atoms. The molecule has 0 bridgehead atoms. The van der Waals surface area contributed by atoms with E-state index in [0.29, 0.717) is 12.0 Å². The van der Waals surface area contributed by atoms with Crippen molar-refractivity contribution >= 4 is 22.5 Å². The van der Waals surface area contributed by atoms with Gasteiger partial charge in [0.1, 0.15) is 5.84 Å². The van der Waals surface area contributed by atoms with Crippen LogP contribution in [0.3, 0.4) is 0 Å². The average molecular weight is 457 g/mol. The van der Waals surface area contributed by atoms with Gasteiger partial charge in [0.25, 0.3) is 0 Å². The Hall–Kier alpha value is -2.92. The molecule has 3 aromatic rings. The molecule has 5 rings (SSSR count). The van der Waals surface area contributed by atoms with Gasteiger partial charge in [0.05, 0.1) is 11.8 Å². The molecule has 0 radical (unpaired) electrons. The Morgan fingerprint density at radius 3 is 2.44 bits per heavy atom. The fourth-order valence-corrected chi connectivity index (χ4v) is 5.89. The Kier molecular flexibility index (Phi) is 6.07. The predicted octanol–water partition coefficient (Wildman–Crippen LogP) is 6.16. The molecule has 2 heterocycles. The summed E-state index contributed by atoms with van der Waals surface area (Å²) in [6, 6.07) is 13.6. The lowest BCUT2D eigenvalue weighted by atomic mass is 9.74. The van der Waals surface area contributed by atoms with Gasteiger partial charge in [0.15, 0.2) is 5.66 Å². The number of hydrogen-bond acceptors (Lipinski definition) is 4. The van der Waals surface area contributed by atoms with E-state index in [1.165, 1.54) is 38.7 Å². The second-order valence-corrected chi connectivity index (χ2v) is 9.80. The van der Waals surface area contributed by atoms with E-state index >= 15 is 0 Å². The van der Waals surface area contributed by atoms with Gasteiger partial charge in [0.2, 0.25) is 0 Å². The number of aliphatic imine (C=N–C) groups is 2. The van der Waals surface area contributed by atoms with E-state index in [9.17, 15) is 0 Å². The summed E-state index contributed by atoms with van der Waals surface area (Å²) in [4.78, 5) is 14.0. The van der Waals surface area contributed by atoms with E-state index in [1.807, 2.05) is 14.2 Å². The first-order valence-corrected chi connectivity index (χ1v) is 12.6. The monoisotopic (exact) mass is 456 g/mol. The Balaban J connectivity index is 1.65. The maximum absolute atomic E-state index is 5.68. The summed E-state index contributed by atoms with van der Waals surface area (Å²) in [7, 11) is 3.78. The zero-order chi connectivity index (χ0) is 23.9. The van der Waals surface area contributed by atoms with E-state index in [4.69, 9.17) is 14.7 Å². The summed E-state index contributed by atoms with van der Waals surface area (Å²) < 4.78 is 5.68. The van der Waals surface area contributed by atoms with E-state index in [0.717, 1.165) is 43.7 Å². The molecule has 1 aliphatic carbocycles. The molecule has 2 N–H and O–H groups in total. The van der Waals surface area contributed by atoms with Crippen LogP contribution in [0.2, 0.25) is 0 Å². The molecule has 0 amide bonds. The van der Waals surface area contributed by atoms with E-state index in [2.05, 4.69) is 73.7 Å².